The van der Waals surface area contributed by atoms with Gasteiger partial charge < -0.3 is 35.0 Å². The number of piperidine rings is 1. The van der Waals surface area contributed by atoms with Gasteiger partial charge in [-0.25, -0.2) is 4.98 Å². The summed E-state index contributed by atoms with van der Waals surface area (Å²) < 4.78 is 2.22. The first-order chi connectivity index (χ1) is 13.7. The lowest BCUT2D eigenvalue weighted by Gasteiger charge is -2.22. The Bertz CT molecular complexity index is 1200. The predicted molar refractivity (Wildman–Crippen MR) is 112 cm³/mol. The quantitative estimate of drug-likeness (QED) is 0.336. The summed E-state index contributed by atoms with van der Waals surface area (Å²) in [5.74, 6) is 1.15. The summed E-state index contributed by atoms with van der Waals surface area (Å²) in [7, 11) is 0. The zero-order valence-electron chi connectivity index (χ0n) is 17.0. The number of likely N-dealkylation sites (tertiary alicyclic amines) is 1. The molecule has 3 N–H and O–H groups in total. The largest absolute Gasteiger partial charge is 1.00 e. The molecule has 3 heterocycles. The molecule has 1 aliphatic heterocycles. The highest BCUT2D eigenvalue weighted by molar-refractivity contribution is 6.15. The number of hydrogen-bond donors (Lipinski definition) is 2. The van der Waals surface area contributed by atoms with Gasteiger partial charge in [0.1, 0.15) is 16.7 Å². The Morgan fingerprint density at radius 2 is 1.67 bits per heavy atom. The van der Waals surface area contributed by atoms with Gasteiger partial charge in [-0.2, -0.15) is 4.40 Å². The lowest BCUT2D eigenvalue weighted by atomic mass is 10.1. The molecule has 158 valence electrons. The maximum Gasteiger partial charge on any atom is 0.279 e. The molecule has 1 amide bonds. The zero-order valence-corrected chi connectivity index (χ0v) is 18.5. The standard InChI is InChI=1S/C23H24N4O.2ClH/c1-16-24-19-11-5-3-9-17(19)23-22(18-10-4-6-12-20(18)27(16)23)25-21(28)15-26-13-7-2-8-14-26;;/h3-6,9-12H,2,7-8,13-15H2,1H3,(H,25,28);2*1H. The lowest BCUT2D eigenvalue weighted by molar-refractivity contribution is -0.896. The molecule has 0 unspecified atom stereocenters. The Labute approximate surface area is 188 Å². The second kappa shape index (κ2) is 9.21. The van der Waals surface area contributed by atoms with Crippen molar-refractivity contribution in [2.24, 2.45) is 0 Å². The Hall–Kier alpha value is -2.34. The van der Waals surface area contributed by atoms with Gasteiger partial charge in [0, 0.05) is 12.3 Å². The van der Waals surface area contributed by atoms with Gasteiger partial charge in [0.25, 0.3) is 11.7 Å². The van der Waals surface area contributed by atoms with E-state index < -0.39 is 0 Å². The van der Waals surface area contributed by atoms with Crippen LogP contribution >= 0.6 is 0 Å². The molecule has 1 fully saturated rings. The van der Waals surface area contributed by atoms with E-state index in [0.717, 1.165) is 51.9 Å². The number of benzene rings is 2. The molecule has 0 saturated carbocycles. The molecule has 1 saturated heterocycles. The van der Waals surface area contributed by atoms with Crippen LogP contribution in [0.25, 0.3) is 27.3 Å². The smallest absolute Gasteiger partial charge is 0.279 e. The normalized spacial score (nSPS) is 14.4. The summed E-state index contributed by atoms with van der Waals surface area (Å²) in [6.07, 6.45) is 3.74. The minimum Gasteiger partial charge on any atom is -1.00 e. The van der Waals surface area contributed by atoms with Gasteiger partial charge >= 0.3 is 0 Å². The lowest BCUT2D eigenvalue weighted by Crippen LogP contribution is -3.13. The highest BCUT2D eigenvalue weighted by atomic mass is 35.5. The van der Waals surface area contributed by atoms with E-state index in [1.54, 1.807) is 0 Å². The number of quaternary nitrogens is 1. The molecular formula is C23H26Cl2N4O. The van der Waals surface area contributed by atoms with Gasteiger partial charge in [-0.05, 0) is 43.5 Å². The summed E-state index contributed by atoms with van der Waals surface area (Å²) >= 11 is 0. The number of halogens is 2. The number of carbonyl (C=O) groups excluding carboxylic acids is 1. The zero-order chi connectivity index (χ0) is 19.1. The van der Waals surface area contributed by atoms with Gasteiger partial charge in [0.2, 0.25) is 0 Å². The number of aryl methyl sites for hydroxylation is 1. The van der Waals surface area contributed by atoms with Crippen LogP contribution in [0.1, 0.15) is 25.1 Å². The van der Waals surface area contributed by atoms with Gasteiger partial charge in [0.05, 0.1) is 18.5 Å². The minimum atomic E-state index is 0. The number of H-pyrrole nitrogens is 1. The number of hydrogen-bond acceptors (Lipinski definition) is 1. The molecule has 2 aromatic carbocycles. The Morgan fingerprint density at radius 1 is 1.00 bits per heavy atom. The third-order valence-electron chi connectivity index (χ3n) is 5.94. The predicted octanol–water partition coefficient (Wildman–Crippen LogP) is -3.62. The van der Waals surface area contributed by atoms with Crippen molar-refractivity contribution >= 4 is 38.9 Å². The average molecular weight is 445 g/mol. The van der Waals surface area contributed by atoms with Crippen LogP contribution in [0.3, 0.4) is 0 Å². The molecule has 2 aromatic heterocycles. The molecule has 0 bridgehead atoms. The van der Waals surface area contributed by atoms with Crippen molar-refractivity contribution in [1.82, 2.24) is 4.40 Å². The number of nitrogens with zero attached hydrogens (tertiary/aromatic N) is 1. The Kier molecular flexibility index (Phi) is 6.86. The van der Waals surface area contributed by atoms with Gasteiger partial charge in [-0.1, -0.05) is 24.3 Å². The number of para-hydroxylation sites is 2. The maximum absolute atomic E-state index is 12.9. The highest BCUT2D eigenvalue weighted by Crippen LogP contribution is 2.35. The number of carbonyl (C=O) groups is 1. The summed E-state index contributed by atoms with van der Waals surface area (Å²) in [5, 5.41) is 5.48. The van der Waals surface area contributed by atoms with Gasteiger partial charge in [-0.15, -0.1) is 0 Å². The van der Waals surface area contributed by atoms with Gasteiger partial charge in [-0.3, -0.25) is 4.79 Å². The molecule has 1 aliphatic rings. The van der Waals surface area contributed by atoms with Crippen LogP contribution in [0, 0.1) is 6.92 Å². The van der Waals surface area contributed by atoms with E-state index in [1.165, 1.54) is 24.2 Å². The number of rotatable bonds is 3. The van der Waals surface area contributed by atoms with E-state index in [-0.39, 0.29) is 30.7 Å². The molecule has 7 heteroatoms. The average Bonchev–Trinajstić information content (AvgIpc) is 3.04. The topological polar surface area (TPSA) is 52.1 Å². The van der Waals surface area contributed by atoms with Crippen molar-refractivity contribution < 1.29 is 39.5 Å². The van der Waals surface area contributed by atoms with Crippen molar-refractivity contribution in [2.45, 2.75) is 26.2 Å². The number of nitrogens with one attached hydrogen (secondary N) is 3. The molecule has 0 atom stereocenters. The monoisotopic (exact) mass is 444 g/mol. The Balaban J connectivity index is 0.00000128. The molecule has 30 heavy (non-hydrogen) atoms. The van der Waals surface area contributed by atoms with Crippen LogP contribution in [-0.4, -0.2) is 29.9 Å². The first-order valence-corrected chi connectivity index (χ1v) is 10.2. The fourth-order valence-corrected chi connectivity index (χ4v) is 4.66. The van der Waals surface area contributed by atoms with E-state index in [0.29, 0.717) is 6.54 Å². The van der Waals surface area contributed by atoms with Crippen molar-refractivity contribution in [3.8, 4) is 0 Å². The van der Waals surface area contributed by atoms with Crippen molar-refractivity contribution in [3.63, 3.8) is 0 Å². The summed E-state index contributed by atoms with van der Waals surface area (Å²) in [5.41, 5.74) is 4.17. The number of anilines is 1. The number of amides is 1. The first-order valence-electron chi connectivity index (χ1n) is 10.2. The van der Waals surface area contributed by atoms with Crippen molar-refractivity contribution in [2.75, 3.05) is 25.0 Å². The van der Waals surface area contributed by atoms with E-state index in [2.05, 4.69) is 45.9 Å². The molecule has 0 aliphatic carbocycles. The molecule has 5 rings (SSSR count). The molecule has 4 aromatic rings. The van der Waals surface area contributed by atoms with Crippen LogP contribution in [-0.2, 0) is 4.79 Å². The fourth-order valence-electron chi connectivity index (χ4n) is 4.66. The molecule has 0 radical (unpaired) electrons. The van der Waals surface area contributed by atoms with E-state index >= 15 is 0 Å². The summed E-state index contributed by atoms with van der Waals surface area (Å²) in [6, 6.07) is 16.6. The van der Waals surface area contributed by atoms with E-state index in [4.69, 9.17) is 0 Å². The van der Waals surface area contributed by atoms with Crippen molar-refractivity contribution in [3.05, 3.63) is 54.4 Å². The van der Waals surface area contributed by atoms with E-state index in [9.17, 15) is 4.79 Å². The van der Waals surface area contributed by atoms with Gasteiger partial charge in [0.15, 0.2) is 12.1 Å². The molecule has 0 spiro atoms. The third kappa shape index (κ3) is 3.85. The molecular weight excluding hydrogens is 419 g/mol. The number of aromatic amines is 1. The van der Waals surface area contributed by atoms with E-state index in [1.807, 2.05) is 24.3 Å². The van der Waals surface area contributed by atoms with Crippen LogP contribution < -0.4 is 40.0 Å². The maximum atomic E-state index is 12.9. The number of aromatic nitrogens is 2. The van der Waals surface area contributed by atoms with Crippen LogP contribution in [0.4, 0.5) is 5.69 Å². The highest BCUT2D eigenvalue weighted by Gasteiger charge is 2.25. The van der Waals surface area contributed by atoms with Crippen LogP contribution in [0.2, 0.25) is 0 Å². The number of fused-ring (bicyclic) bond motifs is 5. The SMILES string of the molecule is Cc1[nH+]c2ccccc2c2c(NC(=O)C[NH+]3CCCCC3)c3ccccc3n12.[Cl-].[Cl-]. The van der Waals surface area contributed by atoms with Crippen molar-refractivity contribution in [1.29, 1.82) is 0 Å². The first kappa shape index (κ1) is 22.3. The fraction of sp³-hybridized carbons (Fsp3) is 0.304. The summed E-state index contributed by atoms with van der Waals surface area (Å²) in [4.78, 5) is 17.8. The molecule has 5 nitrogen and oxygen atoms in total. The van der Waals surface area contributed by atoms with Crippen LogP contribution in [0.5, 0.6) is 0 Å². The summed E-state index contributed by atoms with van der Waals surface area (Å²) in [6.45, 7) is 4.82. The Morgan fingerprint density at radius 3 is 2.43 bits per heavy atom. The third-order valence-corrected chi connectivity index (χ3v) is 5.94. The van der Waals surface area contributed by atoms with Crippen LogP contribution in [0.15, 0.2) is 48.5 Å². The second-order valence-electron chi connectivity index (χ2n) is 7.87. The second-order valence-corrected chi connectivity index (χ2v) is 7.87. The minimum absolute atomic E-state index is 0.